The predicted molar refractivity (Wildman–Crippen MR) is 176 cm³/mol. The van der Waals surface area contributed by atoms with Gasteiger partial charge in [-0.2, -0.15) is 0 Å². The molecular formula is C34H70O3Si. The van der Waals surface area contributed by atoms with E-state index in [2.05, 4.69) is 96.3 Å². The van der Waals surface area contributed by atoms with Gasteiger partial charge in [0.25, 0.3) is 0 Å². The van der Waals surface area contributed by atoms with Crippen LogP contribution in [0.2, 0.25) is 19.6 Å². The maximum Gasteiger partial charge on any atom is 0.308 e. The molecule has 228 valence electrons. The van der Waals surface area contributed by atoms with Crippen molar-refractivity contribution in [3.05, 3.63) is 35.9 Å². The second-order valence-electron chi connectivity index (χ2n) is 11.1. The zero-order valence-corrected chi connectivity index (χ0v) is 29.1. The number of hydrogen-bond acceptors (Lipinski definition) is 3. The Hall–Kier alpha value is -1.13. The van der Waals surface area contributed by atoms with E-state index in [9.17, 15) is 4.79 Å². The van der Waals surface area contributed by atoms with E-state index >= 15 is 0 Å². The van der Waals surface area contributed by atoms with Gasteiger partial charge in [0.05, 0.1) is 13.0 Å². The lowest BCUT2D eigenvalue weighted by Crippen LogP contribution is -2.25. The van der Waals surface area contributed by atoms with Gasteiger partial charge in [-0.15, -0.1) is 0 Å². The minimum atomic E-state index is -1.18. The van der Waals surface area contributed by atoms with Crippen molar-refractivity contribution in [2.45, 2.75) is 159 Å². The average molecular weight is 555 g/mol. The third-order valence-electron chi connectivity index (χ3n) is 5.04. The quantitative estimate of drug-likeness (QED) is 0.191. The molecule has 1 aromatic carbocycles. The molecular weight excluding hydrogens is 484 g/mol. The van der Waals surface area contributed by atoms with Crippen molar-refractivity contribution in [1.82, 2.24) is 0 Å². The maximum absolute atomic E-state index is 10.3. The summed E-state index contributed by atoms with van der Waals surface area (Å²) in [7, 11) is 0.213. The van der Waals surface area contributed by atoms with Crippen molar-refractivity contribution in [1.29, 1.82) is 0 Å². The first-order valence-corrected chi connectivity index (χ1v) is 19.2. The van der Waals surface area contributed by atoms with Crippen molar-refractivity contribution in [3.8, 4) is 0 Å². The highest BCUT2D eigenvalue weighted by atomic mass is 28.4. The number of unbranched alkanes of at least 4 members (excludes halogenated alkanes) is 1. The summed E-state index contributed by atoms with van der Waals surface area (Å²) >= 11 is 0. The van der Waals surface area contributed by atoms with Crippen LogP contribution in [0.15, 0.2) is 30.3 Å². The number of benzene rings is 1. The van der Waals surface area contributed by atoms with Gasteiger partial charge >= 0.3 is 5.97 Å². The maximum atomic E-state index is 10.3. The molecule has 0 bridgehead atoms. The molecule has 1 aliphatic carbocycles. The molecule has 0 heterocycles. The molecule has 38 heavy (non-hydrogen) atoms. The van der Waals surface area contributed by atoms with Crippen LogP contribution in [0.5, 0.6) is 0 Å². The summed E-state index contributed by atoms with van der Waals surface area (Å²) in [4.78, 5) is 10.3. The van der Waals surface area contributed by atoms with Crippen LogP contribution in [-0.4, -0.2) is 28.0 Å². The number of aryl methyl sites for hydroxylation is 1. The molecule has 0 saturated heterocycles. The van der Waals surface area contributed by atoms with E-state index in [1.54, 1.807) is 13.8 Å². The minimum absolute atomic E-state index is 0.00463. The molecule has 4 heteroatoms. The second-order valence-corrected chi connectivity index (χ2v) is 15.6. The Balaban J connectivity index is -0.000000188. The SMILES string of the molecule is C1CCCCCC1.CCC.CCCC.CCCO[Si](C)(C)C.CCCc1ccccc1.COC(=O)C(C)C. The molecule has 0 amide bonds. The van der Waals surface area contributed by atoms with Gasteiger partial charge in [0.15, 0.2) is 8.32 Å². The molecule has 0 aliphatic heterocycles. The third kappa shape index (κ3) is 48.0. The molecule has 1 saturated carbocycles. The van der Waals surface area contributed by atoms with Crippen LogP contribution in [0.25, 0.3) is 0 Å². The summed E-state index contributed by atoms with van der Waals surface area (Å²) in [5, 5.41) is 0. The molecule has 3 nitrogen and oxygen atoms in total. The molecule has 0 aromatic heterocycles. The molecule has 1 fully saturated rings. The number of carbonyl (C=O) groups excluding carboxylic acids is 1. The number of carbonyl (C=O) groups is 1. The third-order valence-corrected chi connectivity index (χ3v) is 6.11. The van der Waals surface area contributed by atoms with Crippen molar-refractivity contribution in [2.24, 2.45) is 5.92 Å². The largest absolute Gasteiger partial charge is 0.469 e. The number of ether oxygens (including phenoxy) is 1. The van der Waals surface area contributed by atoms with Crippen molar-refractivity contribution in [3.63, 3.8) is 0 Å². The van der Waals surface area contributed by atoms with Gasteiger partial charge in [0, 0.05) is 6.61 Å². The van der Waals surface area contributed by atoms with E-state index < -0.39 is 8.32 Å². The summed E-state index contributed by atoms with van der Waals surface area (Å²) in [6.07, 6.45) is 18.0. The van der Waals surface area contributed by atoms with Crippen LogP contribution in [0.1, 0.15) is 138 Å². The molecule has 0 N–H and O–H groups in total. The summed E-state index contributed by atoms with van der Waals surface area (Å²) in [6, 6.07) is 10.6. The van der Waals surface area contributed by atoms with E-state index in [0.717, 1.165) is 13.0 Å². The van der Waals surface area contributed by atoms with E-state index in [1.807, 2.05) is 0 Å². The lowest BCUT2D eigenvalue weighted by molar-refractivity contribution is -0.144. The average Bonchev–Trinajstić information content (AvgIpc) is 3.22. The molecule has 0 radical (unpaired) electrons. The number of hydrogen-bond donors (Lipinski definition) is 0. The lowest BCUT2D eigenvalue weighted by atomic mass is 10.1. The van der Waals surface area contributed by atoms with E-state index in [4.69, 9.17) is 4.43 Å². The van der Waals surface area contributed by atoms with Crippen molar-refractivity contribution in [2.75, 3.05) is 13.7 Å². The van der Waals surface area contributed by atoms with Crippen LogP contribution in [0.4, 0.5) is 0 Å². The molecule has 1 aliphatic rings. The second kappa shape index (κ2) is 35.9. The Morgan fingerprint density at radius 1 is 0.737 bits per heavy atom. The first-order valence-electron chi connectivity index (χ1n) is 15.8. The van der Waals surface area contributed by atoms with Crippen LogP contribution in [0, 0.1) is 5.92 Å². The Morgan fingerprint density at radius 2 is 1.13 bits per heavy atom. The number of esters is 1. The van der Waals surface area contributed by atoms with Gasteiger partial charge < -0.3 is 9.16 Å². The standard InChI is InChI=1S/C9H12.C7H14.C6H16OSi.C5H10O2.C4H10.C3H8/c1-2-6-9-7-4-3-5-8-9;1-2-4-6-7-5-3-1;1-5-6-7-8(2,3)4;1-4(2)5(6)7-3;1-3-4-2;1-3-2/h3-5,7-8H,2,6H2,1H3;1-7H2;5-6H2,1-4H3;4H,1-3H3;3-4H2,1-2H3;3H2,1-2H3. The fourth-order valence-corrected chi connectivity index (χ4v) is 3.63. The zero-order valence-electron chi connectivity index (χ0n) is 28.1. The summed E-state index contributed by atoms with van der Waals surface area (Å²) < 4.78 is 9.89. The lowest BCUT2D eigenvalue weighted by Gasteiger charge is -2.15. The highest BCUT2D eigenvalue weighted by molar-refractivity contribution is 6.69. The van der Waals surface area contributed by atoms with E-state index in [1.165, 1.54) is 89.7 Å². The van der Waals surface area contributed by atoms with E-state index in [-0.39, 0.29) is 11.9 Å². The predicted octanol–water partition coefficient (Wildman–Crippen LogP) is 11.7. The van der Waals surface area contributed by atoms with Gasteiger partial charge in [-0.3, -0.25) is 4.79 Å². The minimum Gasteiger partial charge on any atom is -0.469 e. The van der Waals surface area contributed by atoms with Crippen LogP contribution >= 0.6 is 0 Å². The number of methoxy groups -OCH3 is 1. The Bertz CT molecular complexity index is 517. The van der Waals surface area contributed by atoms with Gasteiger partial charge in [-0.05, 0) is 38.0 Å². The Labute approximate surface area is 242 Å². The Kier molecular flexibility index (Phi) is 41.4. The zero-order chi connectivity index (χ0) is 30.1. The normalized spacial score (nSPS) is 12.1. The topological polar surface area (TPSA) is 35.5 Å². The van der Waals surface area contributed by atoms with Crippen molar-refractivity contribution >= 4 is 14.3 Å². The summed E-state index contributed by atoms with van der Waals surface area (Å²) in [6.45, 7) is 24.1. The molecule has 0 spiro atoms. The van der Waals surface area contributed by atoms with Crippen molar-refractivity contribution < 1.29 is 14.0 Å². The number of rotatable bonds is 7. The van der Waals surface area contributed by atoms with Gasteiger partial charge in [-0.1, -0.05) is 156 Å². The van der Waals surface area contributed by atoms with Crippen LogP contribution in [0.3, 0.4) is 0 Å². The first kappa shape index (κ1) is 43.9. The highest BCUT2D eigenvalue weighted by Crippen LogP contribution is 2.15. The molecule has 0 atom stereocenters. The molecule has 0 unspecified atom stereocenters. The van der Waals surface area contributed by atoms with E-state index in [0.29, 0.717) is 0 Å². The molecule has 2 rings (SSSR count). The van der Waals surface area contributed by atoms with Crippen LogP contribution in [-0.2, 0) is 20.4 Å². The fraction of sp³-hybridized carbons (Fsp3) is 0.794. The summed E-state index contributed by atoms with van der Waals surface area (Å²) in [5.41, 5.74) is 1.44. The molecule has 1 aromatic rings. The highest BCUT2D eigenvalue weighted by Gasteiger charge is 2.12. The smallest absolute Gasteiger partial charge is 0.308 e. The fourth-order valence-electron chi connectivity index (χ4n) is 2.81. The van der Waals surface area contributed by atoms with Crippen LogP contribution < -0.4 is 0 Å². The summed E-state index contributed by atoms with van der Waals surface area (Å²) in [5.74, 6) is -0.148. The Morgan fingerprint density at radius 3 is 1.32 bits per heavy atom. The van der Waals surface area contributed by atoms with Gasteiger partial charge in [-0.25, -0.2) is 0 Å². The van der Waals surface area contributed by atoms with Gasteiger partial charge in [0.2, 0.25) is 0 Å². The first-order chi connectivity index (χ1) is 18.0. The monoisotopic (exact) mass is 555 g/mol. The van der Waals surface area contributed by atoms with Gasteiger partial charge in [0.1, 0.15) is 0 Å².